The molecule has 1 aromatic carbocycles. The van der Waals surface area contributed by atoms with E-state index in [1.807, 2.05) is 0 Å². The standard InChI is InChI=1S/C7H7NO6S2/c9-8(10)7-3-1-6(2-4-7)5-15-14-16(11,12)13/h1-4H,5H2,(H,11,12,13). The number of nitro benzene ring substituents is 1. The van der Waals surface area contributed by atoms with Gasteiger partial charge in [-0.3, -0.25) is 14.7 Å². The van der Waals surface area contributed by atoms with Gasteiger partial charge in [0.2, 0.25) is 0 Å². The van der Waals surface area contributed by atoms with Crippen molar-refractivity contribution in [1.29, 1.82) is 0 Å². The quantitative estimate of drug-likeness (QED) is 0.372. The third kappa shape index (κ3) is 4.57. The fourth-order valence-corrected chi connectivity index (χ4v) is 1.87. The third-order valence-corrected chi connectivity index (χ3v) is 3.03. The molecule has 7 nitrogen and oxygen atoms in total. The molecule has 0 atom stereocenters. The predicted molar refractivity (Wildman–Crippen MR) is 57.0 cm³/mol. The highest BCUT2D eigenvalue weighted by Gasteiger charge is 2.07. The molecule has 0 aliphatic carbocycles. The second-order valence-corrected chi connectivity index (χ2v) is 4.61. The van der Waals surface area contributed by atoms with Crippen LogP contribution in [-0.4, -0.2) is 17.9 Å². The summed E-state index contributed by atoms with van der Waals surface area (Å²) in [5.74, 6) is 0.151. The normalized spacial score (nSPS) is 11.3. The van der Waals surface area contributed by atoms with E-state index in [1.165, 1.54) is 24.3 Å². The first-order chi connectivity index (χ1) is 7.38. The number of nitro groups is 1. The Labute approximate surface area is 95.7 Å². The highest BCUT2D eigenvalue weighted by molar-refractivity contribution is 8.02. The van der Waals surface area contributed by atoms with Crippen LogP contribution in [0.1, 0.15) is 5.56 Å². The Morgan fingerprint density at radius 2 is 1.94 bits per heavy atom. The van der Waals surface area contributed by atoms with Crippen LogP contribution in [0.15, 0.2) is 24.3 Å². The van der Waals surface area contributed by atoms with Crippen molar-refractivity contribution in [2.45, 2.75) is 5.75 Å². The molecule has 0 saturated carbocycles. The Bertz CT molecular complexity index is 468. The SMILES string of the molecule is O=[N+]([O-])c1ccc(CSOS(=O)(=O)O)cc1. The van der Waals surface area contributed by atoms with Gasteiger partial charge in [0, 0.05) is 29.9 Å². The second-order valence-electron chi connectivity index (χ2n) is 2.68. The molecule has 0 bridgehead atoms. The molecule has 0 unspecified atom stereocenters. The summed E-state index contributed by atoms with van der Waals surface area (Å²) in [5.41, 5.74) is 0.587. The molecule has 1 N–H and O–H groups in total. The largest absolute Gasteiger partial charge is 0.408 e. The van der Waals surface area contributed by atoms with Crippen molar-refractivity contribution >= 4 is 28.1 Å². The first-order valence-electron chi connectivity index (χ1n) is 3.90. The van der Waals surface area contributed by atoms with Crippen LogP contribution in [0, 0.1) is 10.1 Å². The van der Waals surface area contributed by atoms with Crippen LogP contribution < -0.4 is 0 Å². The van der Waals surface area contributed by atoms with Gasteiger partial charge < -0.3 is 0 Å². The summed E-state index contributed by atoms with van der Waals surface area (Å²) < 4.78 is 32.7. The van der Waals surface area contributed by atoms with Crippen molar-refractivity contribution in [3.63, 3.8) is 0 Å². The summed E-state index contributed by atoms with van der Waals surface area (Å²) in [6.07, 6.45) is 0. The molecule has 0 amide bonds. The van der Waals surface area contributed by atoms with E-state index in [1.54, 1.807) is 0 Å². The van der Waals surface area contributed by atoms with Crippen LogP contribution in [0.25, 0.3) is 0 Å². The van der Waals surface area contributed by atoms with Crippen LogP contribution in [0.3, 0.4) is 0 Å². The second kappa shape index (κ2) is 5.25. The smallest absolute Gasteiger partial charge is 0.263 e. The van der Waals surface area contributed by atoms with Gasteiger partial charge in [-0.2, -0.15) is 12.0 Å². The molecule has 16 heavy (non-hydrogen) atoms. The summed E-state index contributed by atoms with van der Waals surface area (Å²) >= 11 is 0.520. The minimum Gasteiger partial charge on any atom is -0.263 e. The molecular formula is C7H7NO6S2. The monoisotopic (exact) mass is 265 g/mol. The first kappa shape index (κ1) is 12.9. The number of rotatable bonds is 5. The Morgan fingerprint density at radius 1 is 1.38 bits per heavy atom. The average Bonchev–Trinajstić information content (AvgIpc) is 2.16. The van der Waals surface area contributed by atoms with Gasteiger partial charge in [-0.25, -0.2) is 0 Å². The molecule has 0 saturated heterocycles. The molecule has 1 aromatic rings. The van der Waals surface area contributed by atoms with Gasteiger partial charge in [-0.15, -0.1) is 0 Å². The first-order valence-corrected chi connectivity index (χ1v) is 6.18. The number of hydrogen-bond donors (Lipinski definition) is 1. The molecule has 0 radical (unpaired) electrons. The van der Waals surface area contributed by atoms with Crippen molar-refractivity contribution in [3.05, 3.63) is 39.9 Å². The van der Waals surface area contributed by atoms with Gasteiger partial charge in [0.15, 0.2) is 0 Å². The lowest BCUT2D eigenvalue weighted by Crippen LogP contribution is -1.97. The van der Waals surface area contributed by atoms with E-state index in [2.05, 4.69) is 3.63 Å². The van der Waals surface area contributed by atoms with E-state index in [0.29, 0.717) is 17.6 Å². The summed E-state index contributed by atoms with van der Waals surface area (Å²) in [4.78, 5) is 9.78. The number of hydrogen-bond acceptors (Lipinski definition) is 6. The molecule has 0 aliphatic heterocycles. The molecule has 0 spiro atoms. The number of nitrogens with zero attached hydrogens (tertiary/aromatic N) is 1. The van der Waals surface area contributed by atoms with Crippen molar-refractivity contribution in [2.24, 2.45) is 0 Å². The van der Waals surface area contributed by atoms with Gasteiger partial charge in [-0.05, 0) is 5.56 Å². The lowest BCUT2D eigenvalue weighted by molar-refractivity contribution is -0.384. The van der Waals surface area contributed by atoms with Crippen LogP contribution in [0.5, 0.6) is 0 Å². The Kier molecular flexibility index (Phi) is 4.24. The zero-order valence-corrected chi connectivity index (χ0v) is 9.40. The number of benzene rings is 1. The van der Waals surface area contributed by atoms with Crippen LogP contribution in [-0.2, 0) is 19.8 Å². The Hall–Kier alpha value is -1.16. The minimum atomic E-state index is -4.46. The van der Waals surface area contributed by atoms with E-state index in [0.717, 1.165) is 0 Å². The van der Waals surface area contributed by atoms with E-state index < -0.39 is 15.3 Å². The van der Waals surface area contributed by atoms with Crippen molar-refractivity contribution in [1.82, 2.24) is 0 Å². The summed E-state index contributed by atoms with van der Waals surface area (Å²) in [6.45, 7) is 0. The molecule has 0 heterocycles. The van der Waals surface area contributed by atoms with Crippen LogP contribution >= 0.6 is 12.0 Å². The topological polar surface area (TPSA) is 107 Å². The molecular weight excluding hydrogens is 258 g/mol. The van der Waals surface area contributed by atoms with E-state index >= 15 is 0 Å². The van der Waals surface area contributed by atoms with Gasteiger partial charge in [0.25, 0.3) is 5.69 Å². The zero-order chi connectivity index (χ0) is 12.2. The van der Waals surface area contributed by atoms with Crippen LogP contribution in [0.2, 0.25) is 0 Å². The lowest BCUT2D eigenvalue weighted by Gasteiger charge is -1.99. The Balaban J connectivity index is 2.53. The molecule has 88 valence electrons. The van der Waals surface area contributed by atoms with Gasteiger partial charge in [0.1, 0.15) is 0 Å². The molecule has 0 aliphatic rings. The van der Waals surface area contributed by atoms with Crippen molar-refractivity contribution < 1.29 is 21.5 Å². The zero-order valence-electron chi connectivity index (χ0n) is 7.77. The summed E-state index contributed by atoms with van der Waals surface area (Å²) in [5, 5.41) is 10.3. The molecule has 1 rings (SSSR count). The van der Waals surface area contributed by atoms with E-state index in [9.17, 15) is 18.5 Å². The average molecular weight is 265 g/mol. The van der Waals surface area contributed by atoms with E-state index in [4.69, 9.17) is 4.55 Å². The molecule has 9 heteroatoms. The van der Waals surface area contributed by atoms with E-state index in [-0.39, 0.29) is 11.4 Å². The van der Waals surface area contributed by atoms with Crippen molar-refractivity contribution in [2.75, 3.05) is 0 Å². The fraction of sp³-hybridized carbons (Fsp3) is 0.143. The summed E-state index contributed by atoms with van der Waals surface area (Å²) in [7, 11) is -4.46. The Morgan fingerprint density at radius 3 is 2.38 bits per heavy atom. The maximum absolute atomic E-state index is 10.3. The number of non-ortho nitro benzene ring substituents is 1. The van der Waals surface area contributed by atoms with Gasteiger partial charge in [-0.1, -0.05) is 12.1 Å². The van der Waals surface area contributed by atoms with Gasteiger partial charge in [0.05, 0.1) is 4.92 Å². The highest BCUT2D eigenvalue weighted by Crippen LogP contribution is 2.18. The third-order valence-electron chi connectivity index (χ3n) is 1.51. The maximum atomic E-state index is 10.3. The lowest BCUT2D eigenvalue weighted by atomic mass is 10.2. The van der Waals surface area contributed by atoms with Crippen LogP contribution in [0.4, 0.5) is 5.69 Å². The van der Waals surface area contributed by atoms with Gasteiger partial charge >= 0.3 is 10.4 Å². The predicted octanol–water partition coefficient (Wildman–Crippen LogP) is 1.56. The molecule has 0 aromatic heterocycles. The minimum absolute atomic E-state index is 0.0514. The summed E-state index contributed by atoms with van der Waals surface area (Å²) in [6, 6.07) is 5.53. The van der Waals surface area contributed by atoms with Crippen molar-refractivity contribution in [3.8, 4) is 0 Å². The maximum Gasteiger partial charge on any atom is 0.408 e. The highest BCUT2D eigenvalue weighted by atomic mass is 32.3. The fourth-order valence-electron chi connectivity index (χ4n) is 0.867. The molecule has 0 fully saturated rings.